The molecule has 0 saturated carbocycles. The molecule has 4 heteroatoms. The smallest absolute Gasteiger partial charge is 0.251 e. The lowest BCUT2D eigenvalue weighted by atomic mass is 10.1. The molecule has 88 valence electrons. The summed E-state index contributed by atoms with van der Waals surface area (Å²) in [6, 6.07) is 4.24. The fraction of sp³-hybridized carbons (Fsp3) is 0.417. The minimum atomic E-state index is -0.528. The fourth-order valence-electron chi connectivity index (χ4n) is 1.22. The summed E-state index contributed by atoms with van der Waals surface area (Å²) in [7, 11) is 1.39. The molecule has 0 aromatic heterocycles. The van der Waals surface area contributed by atoms with Crippen LogP contribution in [0.5, 0.6) is 5.75 Å². The summed E-state index contributed by atoms with van der Waals surface area (Å²) in [5.41, 5.74) is 0.304. The number of carbonyl (C=O) groups is 1. The van der Waals surface area contributed by atoms with Crippen molar-refractivity contribution in [2.45, 2.75) is 26.3 Å². The van der Waals surface area contributed by atoms with Gasteiger partial charge in [0.25, 0.3) is 5.91 Å². The molecular weight excluding hydrogens is 209 g/mol. The Labute approximate surface area is 94.6 Å². The van der Waals surface area contributed by atoms with Crippen LogP contribution in [0.25, 0.3) is 0 Å². The maximum atomic E-state index is 13.3. The standard InChI is InChI=1S/C12H16FNO2/c1-4-8(2)14-12(15)9-5-6-11(16-3)10(13)7-9/h5-8H,4H2,1-3H3,(H,14,15)/t8-/m0/s1. The van der Waals surface area contributed by atoms with Gasteiger partial charge in [0.05, 0.1) is 7.11 Å². The van der Waals surface area contributed by atoms with Gasteiger partial charge in [0.2, 0.25) is 0 Å². The number of nitrogens with one attached hydrogen (secondary N) is 1. The molecule has 1 atom stereocenters. The summed E-state index contributed by atoms with van der Waals surface area (Å²) in [6.07, 6.45) is 0.838. The molecule has 1 aromatic rings. The molecule has 1 aromatic carbocycles. The highest BCUT2D eigenvalue weighted by atomic mass is 19.1. The van der Waals surface area contributed by atoms with Crippen molar-refractivity contribution in [2.24, 2.45) is 0 Å². The molecular formula is C12H16FNO2. The maximum absolute atomic E-state index is 13.3. The summed E-state index contributed by atoms with van der Waals surface area (Å²) >= 11 is 0. The molecule has 0 fully saturated rings. The number of ether oxygens (including phenoxy) is 1. The zero-order valence-electron chi connectivity index (χ0n) is 9.71. The number of hydrogen-bond donors (Lipinski definition) is 1. The van der Waals surface area contributed by atoms with Gasteiger partial charge in [-0.1, -0.05) is 6.92 Å². The molecule has 1 rings (SSSR count). The van der Waals surface area contributed by atoms with Crippen LogP contribution in [-0.2, 0) is 0 Å². The third kappa shape index (κ3) is 2.95. The first-order valence-corrected chi connectivity index (χ1v) is 5.22. The SMILES string of the molecule is CC[C@H](C)NC(=O)c1ccc(OC)c(F)c1. The van der Waals surface area contributed by atoms with Crippen LogP contribution in [0.2, 0.25) is 0 Å². The number of halogens is 1. The largest absolute Gasteiger partial charge is 0.494 e. The van der Waals surface area contributed by atoms with Gasteiger partial charge in [-0.15, -0.1) is 0 Å². The quantitative estimate of drug-likeness (QED) is 0.854. The summed E-state index contributed by atoms with van der Waals surface area (Å²) in [6.45, 7) is 3.87. The van der Waals surface area contributed by atoms with E-state index in [2.05, 4.69) is 5.32 Å². The van der Waals surface area contributed by atoms with Crippen LogP contribution in [0.15, 0.2) is 18.2 Å². The third-order valence-electron chi connectivity index (χ3n) is 2.40. The fourth-order valence-corrected chi connectivity index (χ4v) is 1.22. The van der Waals surface area contributed by atoms with Crippen molar-refractivity contribution in [2.75, 3.05) is 7.11 Å². The van der Waals surface area contributed by atoms with Crippen LogP contribution >= 0.6 is 0 Å². The van der Waals surface area contributed by atoms with Crippen LogP contribution in [0.3, 0.4) is 0 Å². The van der Waals surface area contributed by atoms with E-state index in [1.807, 2.05) is 13.8 Å². The normalized spacial score (nSPS) is 12.0. The van der Waals surface area contributed by atoms with Gasteiger partial charge in [0.15, 0.2) is 11.6 Å². The van der Waals surface area contributed by atoms with E-state index in [0.29, 0.717) is 5.56 Å². The molecule has 0 aliphatic carbocycles. The lowest BCUT2D eigenvalue weighted by molar-refractivity contribution is 0.0938. The van der Waals surface area contributed by atoms with E-state index in [1.54, 1.807) is 6.07 Å². The average Bonchev–Trinajstić information content (AvgIpc) is 2.28. The molecule has 0 spiro atoms. The molecule has 0 bridgehead atoms. The van der Waals surface area contributed by atoms with Crippen molar-refractivity contribution in [1.29, 1.82) is 0 Å². The van der Waals surface area contributed by atoms with Crippen molar-refractivity contribution < 1.29 is 13.9 Å². The van der Waals surface area contributed by atoms with Crippen molar-refractivity contribution in [3.8, 4) is 5.75 Å². The second kappa shape index (κ2) is 5.49. The van der Waals surface area contributed by atoms with Gasteiger partial charge in [-0.2, -0.15) is 0 Å². The minimum Gasteiger partial charge on any atom is -0.494 e. The van der Waals surface area contributed by atoms with Crippen molar-refractivity contribution in [3.05, 3.63) is 29.6 Å². The Hall–Kier alpha value is -1.58. The zero-order chi connectivity index (χ0) is 12.1. The predicted molar refractivity (Wildman–Crippen MR) is 60.2 cm³/mol. The van der Waals surface area contributed by atoms with Gasteiger partial charge in [-0.25, -0.2) is 4.39 Å². The monoisotopic (exact) mass is 225 g/mol. The molecule has 0 aliphatic heterocycles. The summed E-state index contributed by atoms with van der Waals surface area (Å²) in [5.74, 6) is -0.657. The highest BCUT2D eigenvalue weighted by Crippen LogP contribution is 2.17. The van der Waals surface area contributed by atoms with E-state index >= 15 is 0 Å². The molecule has 0 heterocycles. The van der Waals surface area contributed by atoms with Crippen LogP contribution in [0, 0.1) is 5.82 Å². The van der Waals surface area contributed by atoms with Gasteiger partial charge in [0, 0.05) is 11.6 Å². The second-order valence-corrected chi connectivity index (χ2v) is 3.63. The third-order valence-corrected chi connectivity index (χ3v) is 2.40. The number of hydrogen-bond acceptors (Lipinski definition) is 2. The summed E-state index contributed by atoms with van der Waals surface area (Å²) in [5, 5.41) is 2.76. The lowest BCUT2D eigenvalue weighted by Crippen LogP contribution is -2.31. The van der Waals surface area contributed by atoms with Gasteiger partial charge < -0.3 is 10.1 Å². The Kier molecular flexibility index (Phi) is 4.28. The van der Waals surface area contributed by atoms with Crippen LogP contribution in [0.1, 0.15) is 30.6 Å². The molecule has 3 nitrogen and oxygen atoms in total. The van der Waals surface area contributed by atoms with Gasteiger partial charge in [-0.05, 0) is 31.5 Å². The van der Waals surface area contributed by atoms with E-state index < -0.39 is 5.82 Å². The summed E-state index contributed by atoms with van der Waals surface area (Å²) < 4.78 is 18.1. The van der Waals surface area contributed by atoms with Gasteiger partial charge >= 0.3 is 0 Å². The van der Waals surface area contributed by atoms with E-state index in [4.69, 9.17) is 4.74 Å². The van der Waals surface area contributed by atoms with Crippen LogP contribution in [0.4, 0.5) is 4.39 Å². The Balaban J connectivity index is 2.81. The highest BCUT2D eigenvalue weighted by Gasteiger charge is 2.11. The minimum absolute atomic E-state index is 0.0812. The highest BCUT2D eigenvalue weighted by molar-refractivity contribution is 5.94. The van der Waals surface area contributed by atoms with Gasteiger partial charge in [-0.3, -0.25) is 4.79 Å². The molecule has 1 N–H and O–H groups in total. The number of rotatable bonds is 4. The number of amides is 1. The first-order chi connectivity index (χ1) is 7.58. The average molecular weight is 225 g/mol. The van der Waals surface area contributed by atoms with E-state index in [0.717, 1.165) is 6.42 Å². The number of carbonyl (C=O) groups excluding carboxylic acids is 1. The van der Waals surface area contributed by atoms with Crippen LogP contribution in [-0.4, -0.2) is 19.1 Å². The van der Waals surface area contributed by atoms with Crippen LogP contribution < -0.4 is 10.1 Å². The summed E-state index contributed by atoms with van der Waals surface area (Å²) in [4.78, 5) is 11.6. The van der Waals surface area contributed by atoms with E-state index in [-0.39, 0.29) is 17.7 Å². The molecule has 1 amide bonds. The second-order valence-electron chi connectivity index (χ2n) is 3.63. The van der Waals surface area contributed by atoms with Gasteiger partial charge in [0.1, 0.15) is 0 Å². The Morgan fingerprint density at radius 3 is 2.75 bits per heavy atom. The molecule has 0 saturated heterocycles. The van der Waals surface area contributed by atoms with E-state index in [9.17, 15) is 9.18 Å². The predicted octanol–water partition coefficient (Wildman–Crippen LogP) is 2.36. The molecule has 0 radical (unpaired) electrons. The molecule has 0 unspecified atom stereocenters. The van der Waals surface area contributed by atoms with Crippen molar-refractivity contribution in [3.63, 3.8) is 0 Å². The first kappa shape index (κ1) is 12.5. The van der Waals surface area contributed by atoms with Crippen molar-refractivity contribution >= 4 is 5.91 Å². The molecule has 16 heavy (non-hydrogen) atoms. The van der Waals surface area contributed by atoms with Crippen molar-refractivity contribution in [1.82, 2.24) is 5.32 Å². The topological polar surface area (TPSA) is 38.3 Å². The Morgan fingerprint density at radius 2 is 2.25 bits per heavy atom. The first-order valence-electron chi connectivity index (χ1n) is 5.22. The zero-order valence-corrected chi connectivity index (χ0v) is 9.71. The lowest BCUT2D eigenvalue weighted by Gasteiger charge is -2.11. The number of methoxy groups -OCH3 is 1. The number of benzene rings is 1. The Bertz CT molecular complexity index is 379. The van der Waals surface area contributed by atoms with E-state index in [1.165, 1.54) is 19.2 Å². The molecule has 0 aliphatic rings. The Morgan fingerprint density at radius 1 is 1.56 bits per heavy atom. The maximum Gasteiger partial charge on any atom is 0.251 e.